The van der Waals surface area contributed by atoms with Gasteiger partial charge in [0, 0.05) is 38.5 Å². The van der Waals surface area contributed by atoms with Gasteiger partial charge in [-0.3, -0.25) is 4.68 Å². The van der Waals surface area contributed by atoms with Crippen molar-refractivity contribution < 1.29 is 5.11 Å². The standard InChI is InChI=1S/C14H25N3O/c1-11(2)13-12(9-17(3)16-13)8-15-10-14(4-5-14)6-7-18/h9,11,15,18H,4-8,10H2,1-3H3. The Morgan fingerprint density at radius 2 is 2.22 bits per heavy atom. The minimum absolute atomic E-state index is 0.311. The van der Waals surface area contributed by atoms with Crippen molar-refractivity contribution in [2.24, 2.45) is 12.5 Å². The van der Waals surface area contributed by atoms with Crippen molar-refractivity contribution in [2.75, 3.05) is 13.2 Å². The molecule has 1 aliphatic carbocycles. The van der Waals surface area contributed by atoms with Gasteiger partial charge in [0.15, 0.2) is 0 Å². The maximum Gasteiger partial charge on any atom is 0.0694 e. The molecule has 0 amide bonds. The number of hydrogen-bond acceptors (Lipinski definition) is 3. The van der Waals surface area contributed by atoms with Crippen molar-refractivity contribution in [3.8, 4) is 0 Å². The van der Waals surface area contributed by atoms with E-state index >= 15 is 0 Å². The van der Waals surface area contributed by atoms with E-state index in [9.17, 15) is 0 Å². The average molecular weight is 251 g/mol. The third-order valence-electron chi connectivity index (χ3n) is 3.90. The molecule has 1 heterocycles. The van der Waals surface area contributed by atoms with Crippen molar-refractivity contribution in [3.63, 3.8) is 0 Å². The normalized spacial score (nSPS) is 17.4. The molecule has 0 unspecified atom stereocenters. The molecule has 0 spiro atoms. The number of aliphatic hydroxyl groups excluding tert-OH is 1. The van der Waals surface area contributed by atoms with E-state index in [1.807, 2.05) is 11.7 Å². The zero-order valence-electron chi connectivity index (χ0n) is 11.7. The molecule has 0 bridgehead atoms. The van der Waals surface area contributed by atoms with Crippen LogP contribution in [0.1, 0.15) is 50.3 Å². The predicted octanol–water partition coefficient (Wildman–Crippen LogP) is 1.80. The van der Waals surface area contributed by atoms with Crippen LogP contribution in [0.25, 0.3) is 0 Å². The predicted molar refractivity (Wildman–Crippen MR) is 72.4 cm³/mol. The van der Waals surface area contributed by atoms with Crippen LogP contribution in [-0.2, 0) is 13.6 Å². The Morgan fingerprint density at radius 1 is 1.50 bits per heavy atom. The molecule has 4 nitrogen and oxygen atoms in total. The number of nitrogens with one attached hydrogen (secondary N) is 1. The first-order valence-electron chi connectivity index (χ1n) is 6.90. The van der Waals surface area contributed by atoms with Gasteiger partial charge in [0.1, 0.15) is 0 Å². The summed E-state index contributed by atoms with van der Waals surface area (Å²) in [6.07, 6.45) is 5.55. The van der Waals surface area contributed by atoms with Gasteiger partial charge in [-0.15, -0.1) is 0 Å². The van der Waals surface area contributed by atoms with Crippen molar-refractivity contribution in [3.05, 3.63) is 17.5 Å². The first kappa shape index (κ1) is 13.6. The second kappa shape index (κ2) is 5.41. The van der Waals surface area contributed by atoms with Crippen LogP contribution in [0.3, 0.4) is 0 Å². The molecule has 1 fully saturated rings. The number of aryl methyl sites for hydroxylation is 1. The molecule has 0 saturated heterocycles. The molecule has 102 valence electrons. The second-order valence-electron chi connectivity index (χ2n) is 5.95. The molecule has 1 aromatic rings. The van der Waals surface area contributed by atoms with Crippen LogP contribution in [0, 0.1) is 5.41 Å². The molecule has 2 rings (SSSR count). The number of nitrogens with zero attached hydrogens (tertiary/aromatic N) is 2. The number of aliphatic hydroxyl groups is 1. The van der Waals surface area contributed by atoms with Crippen LogP contribution >= 0.6 is 0 Å². The molecule has 1 aromatic heterocycles. The van der Waals surface area contributed by atoms with Gasteiger partial charge in [0.05, 0.1) is 5.69 Å². The summed E-state index contributed by atoms with van der Waals surface area (Å²) in [6, 6.07) is 0. The smallest absolute Gasteiger partial charge is 0.0694 e. The van der Waals surface area contributed by atoms with E-state index in [4.69, 9.17) is 5.11 Å². The van der Waals surface area contributed by atoms with E-state index in [0.29, 0.717) is 17.9 Å². The van der Waals surface area contributed by atoms with Gasteiger partial charge in [-0.2, -0.15) is 5.10 Å². The minimum atomic E-state index is 0.311. The average Bonchev–Trinajstić information content (AvgIpc) is 2.95. The molecule has 2 N–H and O–H groups in total. The van der Waals surface area contributed by atoms with Gasteiger partial charge in [-0.1, -0.05) is 13.8 Å². The molecule has 0 aromatic carbocycles. The van der Waals surface area contributed by atoms with E-state index in [-0.39, 0.29) is 0 Å². The van der Waals surface area contributed by atoms with E-state index in [2.05, 4.69) is 30.5 Å². The Hall–Kier alpha value is -0.870. The lowest BCUT2D eigenvalue weighted by molar-refractivity contribution is 0.245. The largest absolute Gasteiger partial charge is 0.396 e. The van der Waals surface area contributed by atoms with Crippen molar-refractivity contribution >= 4 is 0 Å². The van der Waals surface area contributed by atoms with Crippen LogP contribution in [-0.4, -0.2) is 28.0 Å². The third-order valence-corrected chi connectivity index (χ3v) is 3.90. The third kappa shape index (κ3) is 3.12. The minimum Gasteiger partial charge on any atom is -0.396 e. The first-order chi connectivity index (χ1) is 8.56. The molecule has 1 saturated carbocycles. The highest BCUT2D eigenvalue weighted by Gasteiger charge is 2.41. The summed E-state index contributed by atoms with van der Waals surface area (Å²) in [7, 11) is 1.98. The fourth-order valence-corrected chi connectivity index (χ4v) is 2.57. The highest BCUT2D eigenvalue weighted by Crippen LogP contribution is 2.47. The van der Waals surface area contributed by atoms with Gasteiger partial charge in [0.2, 0.25) is 0 Å². The molecule has 1 aliphatic rings. The summed E-state index contributed by atoms with van der Waals surface area (Å²) in [5, 5.41) is 17.1. The number of aromatic nitrogens is 2. The topological polar surface area (TPSA) is 50.1 Å². The maximum absolute atomic E-state index is 9.04. The van der Waals surface area contributed by atoms with E-state index in [0.717, 1.165) is 19.5 Å². The number of hydrogen-bond donors (Lipinski definition) is 2. The lowest BCUT2D eigenvalue weighted by atomic mass is 10.0. The first-order valence-corrected chi connectivity index (χ1v) is 6.90. The highest BCUT2D eigenvalue weighted by atomic mass is 16.3. The Kier molecular flexibility index (Phi) is 4.07. The Balaban J connectivity index is 1.87. The quantitative estimate of drug-likeness (QED) is 0.777. The van der Waals surface area contributed by atoms with E-state index < -0.39 is 0 Å². The zero-order chi connectivity index (χ0) is 13.2. The van der Waals surface area contributed by atoms with Crippen LogP contribution in [0.4, 0.5) is 0 Å². The second-order valence-corrected chi connectivity index (χ2v) is 5.95. The van der Waals surface area contributed by atoms with Crippen molar-refractivity contribution in [1.82, 2.24) is 15.1 Å². The monoisotopic (exact) mass is 251 g/mol. The van der Waals surface area contributed by atoms with Crippen LogP contribution in [0.2, 0.25) is 0 Å². The summed E-state index contributed by atoms with van der Waals surface area (Å²) in [5.41, 5.74) is 2.87. The zero-order valence-corrected chi connectivity index (χ0v) is 11.7. The highest BCUT2D eigenvalue weighted by molar-refractivity contribution is 5.20. The Bertz CT molecular complexity index is 394. The summed E-state index contributed by atoms with van der Waals surface area (Å²) in [4.78, 5) is 0. The van der Waals surface area contributed by atoms with Gasteiger partial charge in [-0.25, -0.2) is 0 Å². The number of rotatable bonds is 7. The summed E-state index contributed by atoms with van der Waals surface area (Å²) in [5.74, 6) is 0.468. The Morgan fingerprint density at radius 3 is 2.78 bits per heavy atom. The molecule has 18 heavy (non-hydrogen) atoms. The van der Waals surface area contributed by atoms with Crippen LogP contribution in [0.15, 0.2) is 6.20 Å². The van der Waals surface area contributed by atoms with Crippen LogP contribution in [0.5, 0.6) is 0 Å². The van der Waals surface area contributed by atoms with Crippen molar-refractivity contribution in [2.45, 2.75) is 45.6 Å². The molecule has 4 heteroatoms. The summed E-state index contributed by atoms with van der Waals surface area (Å²) in [6.45, 7) is 6.57. The maximum atomic E-state index is 9.04. The lowest BCUT2D eigenvalue weighted by Gasteiger charge is -2.14. The van der Waals surface area contributed by atoms with E-state index in [1.54, 1.807) is 0 Å². The molecular weight excluding hydrogens is 226 g/mol. The Labute approximate surface area is 109 Å². The van der Waals surface area contributed by atoms with Gasteiger partial charge in [-0.05, 0) is 30.6 Å². The molecular formula is C14H25N3O. The summed E-state index contributed by atoms with van der Waals surface area (Å²) >= 11 is 0. The fraction of sp³-hybridized carbons (Fsp3) is 0.786. The van der Waals surface area contributed by atoms with Crippen LogP contribution < -0.4 is 5.32 Å². The van der Waals surface area contributed by atoms with Crippen molar-refractivity contribution in [1.29, 1.82) is 0 Å². The SMILES string of the molecule is CC(C)c1nn(C)cc1CNCC1(CCO)CC1. The fourth-order valence-electron chi connectivity index (χ4n) is 2.57. The lowest BCUT2D eigenvalue weighted by Crippen LogP contribution is -2.24. The van der Waals surface area contributed by atoms with E-state index in [1.165, 1.54) is 24.1 Å². The van der Waals surface area contributed by atoms with Gasteiger partial charge in [0.25, 0.3) is 0 Å². The van der Waals surface area contributed by atoms with Gasteiger partial charge >= 0.3 is 0 Å². The molecule has 0 atom stereocenters. The summed E-state index contributed by atoms with van der Waals surface area (Å²) < 4.78 is 1.90. The van der Waals surface area contributed by atoms with Gasteiger partial charge < -0.3 is 10.4 Å². The molecule has 0 radical (unpaired) electrons. The molecule has 0 aliphatic heterocycles.